The van der Waals surface area contributed by atoms with E-state index in [1.807, 2.05) is 19.3 Å². The quantitative estimate of drug-likeness (QED) is 0.828. The van der Waals surface area contributed by atoms with Crippen molar-refractivity contribution >= 4 is 0 Å². The molecule has 0 aromatic carbocycles. The van der Waals surface area contributed by atoms with Crippen LogP contribution in [0.1, 0.15) is 30.7 Å². The van der Waals surface area contributed by atoms with E-state index in [1.54, 1.807) is 0 Å². The second kappa shape index (κ2) is 4.84. The van der Waals surface area contributed by atoms with Crippen LogP contribution in [0.2, 0.25) is 0 Å². The van der Waals surface area contributed by atoms with Crippen molar-refractivity contribution in [3.8, 4) is 0 Å². The third kappa shape index (κ3) is 2.65. The fraction of sp³-hybridized carbons (Fsp3) is 0.733. The van der Waals surface area contributed by atoms with Gasteiger partial charge in [0.05, 0.1) is 0 Å². The van der Waals surface area contributed by atoms with E-state index in [0.29, 0.717) is 5.41 Å². The zero-order valence-electron chi connectivity index (χ0n) is 12.3. The lowest BCUT2D eigenvalue weighted by molar-refractivity contribution is 0.0322. The van der Waals surface area contributed by atoms with Crippen molar-refractivity contribution in [1.82, 2.24) is 19.8 Å². The summed E-state index contributed by atoms with van der Waals surface area (Å²) >= 11 is 0. The Hall–Kier alpha value is -1.00. The second-order valence-corrected chi connectivity index (χ2v) is 6.62. The zero-order valence-corrected chi connectivity index (χ0v) is 12.3. The van der Waals surface area contributed by atoms with E-state index in [4.69, 9.17) is 0 Å². The van der Waals surface area contributed by atoms with E-state index in [1.165, 1.54) is 37.9 Å². The maximum atomic E-state index is 4.28. The van der Waals surface area contributed by atoms with Gasteiger partial charge in [-0.2, -0.15) is 0 Å². The number of likely N-dealkylation sites (tertiary alicyclic amines) is 1. The van der Waals surface area contributed by atoms with Gasteiger partial charge >= 0.3 is 0 Å². The monoisotopic (exact) mass is 260 g/mol. The molecule has 2 fully saturated rings. The van der Waals surface area contributed by atoms with E-state index >= 15 is 0 Å². The van der Waals surface area contributed by atoms with E-state index in [-0.39, 0.29) is 0 Å². The normalized spacial score (nSPS) is 31.1. The summed E-state index contributed by atoms with van der Waals surface area (Å²) in [6.07, 6.45) is 8.05. The summed E-state index contributed by atoms with van der Waals surface area (Å²) in [5, 5.41) is 0. The molecule has 1 aliphatic heterocycles. The van der Waals surface area contributed by atoms with E-state index < -0.39 is 0 Å². The molecule has 4 heteroatoms. The minimum atomic E-state index is 0.612. The number of hydrogen-bond donors (Lipinski definition) is 0. The lowest BCUT2D eigenvalue weighted by Crippen LogP contribution is -2.49. The van der Waals surface area contributed by atoms with Gasteiger partial charge in [0.15, 0.2) is 0 Å². The van der Waals surface area contributed by atoms with E-state index in [9.17, 15) is 0 Å². The number of aryl methyl sites for hydroxylation is 1. The van der Waals surface area contributed by atoms with Gasteiger partial charge in [0.1, 0.15) is 5.82 Å². The molecule has 4 nitrogen and oxygen atoms in total. The van der Waals surface area contributed by atoms with Gasteiger partial charge in [0.25, 0.3) is 0 Å². The van der Waals surface area contributed by atoms with Gasteiger partial charge in [0, 0.05) is 37.1 Å². The van der Waals surface area contributed by atoms with Crippen LogP contribution in [0.15, 0.2) is 12.4 Å². The third-order valence-electron chi connectivity index (χ3n) is 4.83. The van der Waals surface area contributed by atoms with Crippen molar-refractivity contribution in [2.24, 2.45) is 5.41 Å². The van der Waals surface area contributed by atoms with Crippen molar-refractivity contribution in [3.63, 3.8) is 0 Å². The van der Waals surface area contributed by atoms with Gasteiger partial charge in [-0.1, -0.05) is 0 Å². The van der Waals surface area contributed by atoms with Crippen LogP contribution in [0.5, 0.6) is 0 Å². The SMILES string of the molecule is Cc1ncc(CN2CCC3(CC(N(C)C)C3)C2)cn1. The molecule has 3 rings (SSSR count). The summed E-state index contributed by atoms with van der Waals surface area (Å²) in [4.78, 5) is 13.5. The summed E-state index contributed by atoms with van der Waals surface area (Å²) in [5.41, 5.74) is 1.85. The standard InChI is InChI=1S/C15H24N4/c1-12-16-8-13(9-17-12)10-19-5-4-15(11-19)6-14(7-15)18(2)3/h8-9,14H,4-7,10-11H2,1-3H3. The van der Waals surface area contributed by atoms with Crippen LogP contribution >= 0.6 is 0 Å². The Balaban J connectivity index is 1.54. The largest absolute Gasteiger partial charge is 0.306 e. The van der Waals surface area contributed by atoms with Crippen molar-refractivity contribution in [2.75, 3.05) is 27.2 Å². The Morgan fingerprint density at radius 1 is 1.32 bits per heavy atom. The maximum absolute atomic E-state index is 4.28. The van der Waals surface area contributed by atoms with Crippen molar-refractivity contribution in [2.45, 2.75) is 38.8 Å². The number of hydrogen-bond acceptors (Lipinski definition) is 4. The van der Waals surface area contributed by atoms with Crippen molar-refractivity contribution < 1.29 is 0 Å². The summed E-state index contributed by atoms with van der Waals surface area (Å²) in [6.45, 7) is 5.43. The molecular formula is C15H24N4. The highest BCUT2D eigenvalue weighted by Gasteiger charge is 2.48. The molecule has 0 radical (unpaired) electrons. The van der Waals surface area contributed by atoms with Crippen LogP contribution in [-0.4, -0.2) is 53.0 Å². The lowest BCUT2D eigenvalue weighted by atomic mass is 9.64. The van der Waals surface area contributed by atoms with Gasteiger partial charge < -0.3 is 4.90 Å². The molecule has 0 atom stereocenters. The molecule has 1 aromatic heterocycles. The van der Waals surface area contributed by atoms with Gasteiger partial charge in [-0.15, -0.1) is 0 Å². The van der Waals surface area contributed by atoms with Crippen LogP contribution in [0, 0.1) is 12.3 Å². The maximum Gasteiger partial charge on any atom is 0.125 e. The van der Waals surface area contributed by atoms with Crippen LogP contribution < -0.4 is 0 Å². The summed E-state index contributed by atoms with van der Waals surface area (Å²) < 4.78 is 0. The molecule has 0 N–H and O–H groups in total. The van der Waals surface area contributed by atoms with Gasteiger partial charge in [-0.05, 0) is 52.2 Å². The molecule has 2 heterocycles. The van der Waals surface area contributed by atoms with Gasteiger partial charge in [-0.25, -0.2) is 9.97 Å². The highest BCUT2D eigenvalue weighted by Crippen LogP contribution is 2.49. The highest BCUT2D eigenvalue weighted by molar-refractivity contribution is 5.08. The summed E-state index contributed by atoms with van der Waals surface area (Å²) in [5.74, 6) is 0.856. The first-order valence-electron chi connectivity index (χ1n) is 7.23. The van der Waals surface area contributed by atoms with Gasteiger partial charge in [0.2, 0.25) is 0 Å². The average Bonchev–Trinajstić information content (AvgIpc) is 2.74. The molecule has 0 unspecified atom stereocenters. The molecule has 0 bridgehead atoms. The summed E-state index contributed by atoms with van der Waals surface area (Å²) in [7, 11) is 4.40. The number of nitrogens with zero attached hydrogens (tertiary/aromatic N) is 4. The van der Waals surface area contributed by atoms with Crippen LogP contribution in [0.3, 0.4) is 0 Å². The predicted octanol–water partition coefficient (Wildman–Crippen LogP) is 1.70. The Morgan fingerprint density at radius 3 is 2.63 bits per heavy atom. The minimum Gasteiger partial charge on any atom is -0.306 e. The minimum absolute atomic E-state index is 0.612. The second-order valence-electron chi connectivity index (χ2n) is 6.62. The highest BCUT2D eigenvalue weighted by atomic mass is 15.2. The Kier molecular flexibility index (Phi) is 3.31. The molecule has 104 valence electrons. The first kappa shape index (κ1) is 13.0. The molecule has 1 aliphatic carbocycles. The Labute approximate surface area is 115 Å². The fourth-order valence-corrected chi connectivity index (χ4v) is 3.56. The fourth-order valence-electron chi connectivity index (χ4n) is 3.56. The van der Waals surface area contributed by atoms with Crippen LogP contribution in [0.4, 0.5) is 0 Å². The van der Waals surface area contributed by atoms with Crippen LogP contribution in [0.25, 0.3) is 0 Å². The molecule has 1 saturated heterocycles. The average molecular weight is 260 g/mol. The molecule has 2 aliphatic rings. The zero-order chi connectivity index (χ0) is 13.5. The lowest BCUT2D eigenvalue weighted by Gasteiger charge is -2.48. The molecule has 1 saturated carbocycles. The number of rotatable bonds is 3. The van der Waals surface area contributed by atoms with Crippen LogP contribution in [-0.2, 0) is 6.54 Å². The smallest absolute Gasteiger partial charge is 0.125 e. The Morgan fingerprint density at radius 2 is 2.00 bits per heavy atom. The first-order valence-corrected chi connectivity index (χ1v) is 7.23. The first-order chi connectivity index (χ1) is 9.06. The third-order valence-corrected chi connectivity index (χ3v) is 4.83. The topological polar surface area (TPSA) is 32.3 Å². The molecule has 1 aromatic rings. The van der Waals surface area contributed by atoms with Gasteiger partial charge in [-0.3, -0.25) is 4.90 Å². The number of aromatic nitrogens is 2. The van der Waals surface area contributed by atoms with Crippen molar-refractivity contribution in [1.29, 1.82) is 0 Å². The molecule has 1 spiro atoms. The molecule has 0 amide bonds. The molecular weight excluding hydrogens is 236 g/mol. The summed E-state index contributed by atoms with van der Waals surface area (Å²) in [6, 6.07) is 0.808. The van der Waals surface area contributed by atoms with Crippen molar-refractivity contribution in [3.05, 3.63) is 23.8 Å². The van der Waals surface area contributed by atoms with E-state index in [2.05, 4.69) is 33.9 Å². The molecule has 19 heavy (non-hydrogen) atoms. The van der Waals surface area contributed by atoms with E-state index in [0.717, 1.165) is 18.4 Å². The Bertz CT molecular complexity index is 434. The predicted molar refractivity (Wildman–Crippen MR) is 75.8 cm³/mol.